The Balaban J connectivity index is 1.67. The van der Waals surface area contributed by atoms with Gasteiger partial charge in [0.2, 0.25) is 0 Å². The van der Waals surface area contributed by atoms with Crippen LogP contribution in [0.4, 0.5) is 0 Å². The lowest BCUT2D eigenvalue weighted by Crippen LogP contribution is -2.68. The molecule has 0 aromatic carbocycles. The smallest absolute Gasteiger partial charge is 0.165 e. The number of fused-ring (bicyclic) bond motifs is 7. The lowest BCUT2D eigenvalue weighted by molar-refractivity contribution is -0.194. The normalized spacial score (nSPS) is 50.5. The first-order valence-corrected chi connectivity index (χ1v) is 13.1. The number of hydrogen-bond donors (Lipinski definition) is 1. The first-order valence-electron chi connectivity index (χ1n) is 13.1. The monoisotopic (exact) mass is 454 g/mol. The third-order valence-corrected chi connectivity index (χ3v) is 11.9. The van der Waals surface area contributed by atoms with Crippen molar-refractivity contribution < 1.29 is 19.5 Å². The van der Waals surface area contributed by atoms with Gasteiger partial charge in [-0.3, -0.25) is 14.4 Å². The fourth-order valence-corrected chi connectivity index (χ4v) is 9.70. The molecule has 0 spiro atoms. The van der Waals surface area contributed by atoms with E-state index in [1.807, 2.05) is 6.08 Å². The highest BCUT2D eigenvalue weighted by Gasteiger charge is 2.71. The van der Waals surface area contributed by atoms with Crippen molar-refractivity contribution in [3.63, 3.8) is 0 Å². The second-order valence-corrected chi connectivity index (χ2v) is 14.4. The Hall–Kier alpha value is -1.29. The van der Waals surface area contributed by atoms with Gasteiger partial charge in [-0.15, -0.1) is 0 Å². The Labute approximate surface area is 199 Å². The van der Waals surface area contributed by atoms with Gasteiger partial charge in [0, 0.05) is 35.5 Å². The first-order chi connectivity index (χ1) is 15.0. The Kier molecular flexibility index (Phi) is 4.60. The van der Waals surface area contributed by atoms with Crippen molar-refractivity contribution in [3.8, 4) is 0 Å². The minimum atomic E-state index is -1.33. The van der Waals surface area contributed by atoms with Gasteiger partial charge >= 0.3 is 0 Å². The van der Waals surface area contributed by atoms with Gasteiger partial charge in [0.15, 0.2) is 11.6 Å². The number of Topliss-reactive ketones (excluding diaryl/α,β-unsaturated/α-hetero) is 2. The Morgan fingerprint density at radius 2 is 1.55 bits per heavy atom. The largest absolute Gasteiger partial charge is 0.381 e. The molecule has 33 heavy (non-hydrogen) atoms. The standard InChI is InChI=1S/C29H42O4/c1-24(2)12-13-29(33)18(15-24)17-14-19(30)23-26(5)10-9-21(31)25(3,4)20(26)8-11-27(23,6)28(17,7)16-22(29)32/h14,18,20,23,33H,8-13,15-16H2,1-7H3/t18-,20?,23-,26+,27-,28-,29-/m1/s1. The van der Waals surface area contributed by atoms with Crippen LogP contribution in [0.1, 0.15) is 99.8 Å². The van der Waals surface area contributed by atoms with E-state index in [0.717, 1.165) is 37.7 Å². The molecule has 0 bridgehead atoms. The van der Waals surface area contributed by atoms with E-state index in [-0.39, 0.29) is 45.6 Å². The van der Waals surface area contributed by atoms with Crippen molar-refractivity contribution in [1.29, 1.82) is 0 Å². The highest BCUT2D eigenvalue weighted by Crippen LogP contribution is 2.73. The minimum Gasteiger partial charge on any atom is -0.381 e. The summed E-state index contributed by atoms with van der Waals surface area (Å²) in [5.74, 6) is 0.175. The second kappa shape index (κ2) is 6.47. The van der Waals surface area contributed by atoms with Gasteiger partial charge in [-0.25, -0.2) is 0 Å². The maximum Gasteiger partial charge on any atom is 0.165 e. The van der Waals surface area contributed by atoms with Gasteiger partial charge < -0.3 is 5.11 Å². The van der Waals surface area contributed by atoms with Crippen LogP contribution < -0.4 is 0 Å². The summed E-state index contributed by atoms with van der Waals surface area (Å²) in [5, 5.41) is 11.6. The average molecular weight is 455 g/mol. The lowest BCUT2D eigenvalue weighted by atomic mass is 9.34. The Morgan fingerprint density at radius 1 is 0.879 bits per heavy atom. The Morgan fingerprint density at radius 3 is 2.21 bits per heavy atom. The molecule has 5 rings (SSSR count). The van der Waals surface area contributed by atoms with Crippen LogP contribution in [0.3, 0.4) is 0 Å². The number of aliphatic hydroxyl groups is 1. The van der Waals surface area contributed by atoms with E-state index < -0.39 is 16.4 Å². The predicted octanol–water partition coefficient (Wildman–Crippen LogP) is 5.46. The van der Waals surface area contributed by atoms with Crippen molar-refractivity contribution >= 4 is 17.3 Å². The van der Waals surface area contributed by atoms with Crippen LogP contribution >= 0.6 is 0 Å². The van der Waals surface area contributed by atoms with Crippen molar-refractivity contribution in [1.82, 2.24) is 0 Å². The van der Waals surface area contributed by atoms with Gasteiger partial charge in [0.1, 0.15) is 11.4 Å². The molecule has 7 atom stereocenters. The maximum absolute atomic E-state index is 14.1. The van der Waals surface area contributed by atoms with Crippen LogP contribution in [-0.4, -0.2) is 28.1 Å². The fraction of sp³-hybridized carbons (Fsp3) is 0.828. The highest BCUT2D eigenvalue weighted by atomic mass is 16.3. The summed E-state index contributed by atoms with van der Waals surface area (Å²) in [6.45, 7) is 15.3. The summed E-state index contributed by atoms with van der Waals surface area (Å²) in [6.07, 6.45) is 7.27. The van der Waals surface area contributed by atoms with Crippen LogP contribution in [0.2, 0.25) is 0 Å². The molecule has 182 valence electrons. The van der Waals surface area contributed by atoms with E-state index in [2.05, 4.69) is 48.5 Å². The van der Waals surface area contributed by atoms with E-state index >= 15 is 0 Å². The third kappa shape index (κ3) is 2.71. The van der Waals surface area contributed by atoms with E-state index in [1.54, 1.807) is 0 Å². The molecule has 0 saturated heterocycles. The summed E-state index contributed by atoms with van der Waals surface area (Å²) in [7, 11) is 0. The summed E-state index contributed by atoms with van der Waals surface area (Å²) in [4.78, 5) is 40.6. The quantitative estimate of drug-likeness (QED) is 0.528. The van der Waals surface area contributed by atoms with Crippen LogP contribution in [0.15, 0.2) is 11.6 Å². The predicted molar refractivity (Wildman–Crippen MR) is 127 cm³/mol. The lowest BCUT2D eigenvalue weighted by Gasteiger charge is -2.69. The zero-order valence-electron chi connectivity index (χ0n) is 21.6. The molecule has 4 heteroatoms. The molecule has 1 N–H and O–H groups in total. The molecule has 0 heterocycles. The number of hydrogen-bond acceptors (Lipinski definition) is 4. The number of allylic oxidation sites excluding steroid dienone is 1. The van der Waals surface area contributed by atoms with Crippen LogP contribution in [-0.2, 0) is 14.4 Å². The Bertz CT molecular complexity index is 988. The molecule has 5 aliphatic rings. The molecule has 4 fully saturated rings. The van der Waals surface area contributed by atoms with E-state index in [9.17, 15) is 19.5 Å². The van der Waals surface area contributed by atoms with Crippen molar-refractivity contribution in [2.75, 3.05) is 0 Å². The number of carbonyl (C=O) groups is 3. The first kappa shape index (κ1) is 23.5. The molecule has 0 aliphatic heterocycles. The molecule has 4 saturated carbocycles. The summed E-state index contributed by atoms with van der Waals surface area (Å²) in [5.41, 5.74) is -1.72. The molecular weight excluding hydrogens is 412 g/mol. The minimum absolute atomic E-state index is 0.0246. The SMILES string of the molecule is CC1(C)CC[C@]2(O)C(=O)C[C@]3(C)C(=CC(=O)[C@@H]4[C@@]5(C)CCC(=O)C(C)(C)C5CC[C@]43C)[C@H]2C1. The van der Waals surface area contributed by atoms with Crippen LogP contribution in [0.25, 0.3) is 0 Å². The van der Waals surface area contributed by atoms with Gasteiger partial charge in [-0.1, -0.05) is 54.0 Å². The molecule has 5 aliphatic carbocycles. The number of ketones is 3. The van der Waals surface area contributed by atoms with E-state index in [4.69, 9.17) is 0 Å². The third-order valence-electron chi connectivity index (χ3n) is 11.9. The molecule has 1 unspecified atom stereocenters. The highest BCUT2D eigenvalue weighted by molar-refractivity contribution is 5.99. The molecule has 0 radical (unpaired) electrons. The van der Waals surface area contributed by atoms with Gasteiger partial charge in [-0.05, 0) is 66.8 Å². The van der Waals surface area contributed by atoms with Crippen molar-refractivity contribution in [3.05, 3.63) is 11.6 Å². The topological polar surface area (TPSA) is 71.4 Å². The van der Waals surface area contributed by atoms with Crippen LogP contribution in [0, 0.1) is 44.8 Å². The fourth-order valence-electron chi connectivity index (χ4n) is 9.70. The summed E-state index contributed by atoms with van der Waals surface area (Å²) in [6, 6.07) is 0. The van der Waals surface area contributed by atoms with Gasteiger partial charge in [0.25, 0.3) is 0 Å². The zero-order valence-corrected chi connectivity index (χ0v) is 21.6. The number of carbonyl (C=O) groups excluding carboxylic acids is 3. The maximum atomic E-state index is 14.1. The number of rotatable bonds is 0. The van der Waals surface area contributed by atoms with E-state index in [1.165, 1.54) is 0 Å². The zero-order chi connectivity index (χ0) is 24.4. The summed E-state index contributed by atoms with van der Waals surface area (Å²) >= 11 is 0. The molecule has 0 aromatic rings. The van der Waals surface area contributed by atoms with Crippen molar-refractivity contribution in [2.24, 2.45) is 44.8 Å². The molecular formula is C29H42O4. The van der Waals surface area contributed by atoms with Gasteiger partial charge in [0.05, 0.1) is 0 Å². The summed E-state index contributed by atoms with van der Waals surface area (Å²) < 4.78 is 0. The second-order valence-electron chi connectivity index (χ2n) is 14.4. The molecule has 4 nitrogen and oxygen atoms in total. The molecule has 0 amide bonds. The molecule has 0 aromatic heterocycles. The van der Waals surface area contributed by atoms with E-state index in [0.29, 0.717) is 25.0 Å². The van der Waals surface area contributed by atoms with Crippen molar-refractivity contribution in [2.45, 2.75) is 105 Å². The van der Waals surface area contributed by atoms with Gasteiger partial charge in [-0.2, -0.15) is 0 Å². The van der Waals surface area contributed by atoms with Crippen LogP contribution in [0.5, 0.6) is 0 Å². The average Bonchev–Trinajstić information content (AvgIpc) is 2.69.